The molecule has 13 heavy (non-hydrogen) atoms. The minimum atomic E-state index is 0.570. The van der Waals surface area contributed by atoms with E-state index in [9.17, 15) is 0 Å². The van der Waals surface area contributed by atoms with Crippen molar-refractivity contribution in [1.29, 1.82) is 0 Å². The fraction of sp³-hybridized carbons (Fsp3) is 0.200. The fourth-order valence-electron chi connectivity index (χ4n) is 1.46. The molecule has 0 bridgehead atoms. The molecule has 0 unspecified atom stereocenters. The van der Waals surface area contributed by atoms with Gasteiger partial charge in [-0.25, -0.2) is 4.98 Å². The molecule has 0 aliphatic carbocycles. The first-order valence-electron chi connectivity index (χ1n) is 4.36. The van der Waals surface area contributed by atoms with E-state index in [2.05, 4.69) is 16.5 Å². The van der Waals surface area contributed by atoms with Crippen LogP contribution in [0.5, 0.6) is 0 Å². The molecule has 0 atom stereocenters. The summed E-state index contributed by atoms with van der Waals surface area (Å²) in [6.07, 6.45) is 1.86. The van der Waals surface area contributed by atoms with E-state index < -0.39 is 0 Å². The largest absolute Gasteiger partial charge is 0.379 e. The molecular weight excluding hydrogens is 162 g/mol. The van der Waals surface area contributed by atoms with Crippen molar-refractivity contribution in [2.75, 3.05) is 5.73 Å². The molecule has 0 radical (unpaired) electrons. The molecule has 1 aromatic carbocycles. The molecular formula is C10H12N3+. The van der Waals surface area contributed by atoms with Gasteiger partial charge in [-0.05, 0) is 13.0 Å². The smallest absolute Gasteiger partial charge is 0.231 e. The predicted molar refractivity (Wildman–Crippen MR) is 52.0 cm³/mol. The van der Waals surface area contributed by atoms with Crippen LogP contribution in [0, 0.1) is 0 Å². The van der Waals surface area contributed by atoms with Crippen molar-refractivity contribution in [1.82, 2.24) is 4.98 Å². The maximum absolute atomic E-state index is 5.67. The van der Waals surface area contributed by atoms with Crippen molar-refractivity contribution in [2.45, 2.75) is 13.5 Å². The van der Waals surface area contributed by atoms with Crippen LogP contribution >= 0.6 is 0 Å². The first-order chi connectivity index (χ1) is 6.31. The second-order valence-electron chi connectivity index (χ2n) is 2.94. The van der Waals surface area contributed by atoms with Crippen LogP contribution in [0.15, 0.2) is 30.5 Å². The van der Waals surface area contributed by atoms with Gasteiger partial charge in [0.15, 0.2) is 5.82 Å². The summed E-state index contributed by atoms with van der Waals surface area (Å²) in [6.45, 7) is 3.00. The summed E-state index contributed by atoms with van der Waals surface area (Å²) >= 11 is 0. The van der Waals surface area contributed by atoms with Gasteiger partial charge < -0.3 is 5.73 Å². The van der Waals surface area contributed by atoms with Crippen LogP contribution in [0.4, 0.5) is 5.82 Å². The van der Waals surface area contributed by atoms with E-state index in [4.69, 9.17) is 5.73 Å². The highest BCUT2D eigenvalue weighted by molar-refractivity contribution is 5.71. The van der Waals surface area contributed by atoms with Crippen LogP contribution in [-0.4, -0.2) is 4.98 Å². The second-order valence-corrected chi connectivity index (χ2v) is 2.94. The first-order valence-corrected chi connectivity index (χ1v) is 4.36. The zero-order valence-corrected chi connectivity index (χ0v) is 7.57. The van der Waals surface area contributed by atoms with Crippen LogP contribution in [-0.2, 0) is 6.54 Å². The number of anilines is 1. The lowest BCUT2D eigenvalue weighted by Gasteiger charge is -1.98. The highest BCUT2D eigenvalue weighted by atomic mass is 15.0. The van der Waals surface area contributed by atoms with Crippen LogP contribution < -0.4 is 10.3 Å². The zero-order valence-electron chi connectivity index (χ0n) is 7.57. The molecule has 2 N–H and O–H groups in total. The van der Waals surface area contributed by atoms with E-state index in [0.717, 1.165) is 17.6 Å². The molecule has 3 nitrogen and oxygen atoms in total. The molecule has 0 aliphatic heterocycles. The Morgan fingerprint density at radius 3 is 2.92 bits per heavy atom. The zero-order chi connectivity index (χ0) is 9.26. The molecule has 1 heterocycles. The highest BCUT2D eigenvalue weighted by Gasteiger charge is 2.07. The predicted octanol–water partition coefficient (Wildman–Crippen LogP) is 1.12. The van der Waals surface area contributed by atoms with Gasteiger partial charge in [0.2, 0.25) is 11.7 Å². The lowest BCUT2D eigenvalue weighted by molar-refractivity contribution is -0.667. The van der Waals surface area contributed by atoms with Crippen molar-refractivity contribution < 1.29 is 4.57 Å². The van der Waals surface area contributed by atoms with Crippen molar-refractivity contribution in [2.24, 2.45) is 0 Å². The number of aromatic nitrogens is 2. The summed E-state index contributed by atoms with van der Waals surface area (Å²) < 4.78 is 2.09. The molecule has 2 aromatic rings. The minimum absolute atomic E-state index is 0.570. The fourth-order valence-corrected chi connectivity index (χ4v) is 1.46. The van der Waals surface area contributed by atoms with Gasteiger partial charge in [0.25, 0.3) is 0 Å². The van der Waals surface area contributed by atoms with E-state index >= 15 is 0 Å². The van der Waals surface area contributed by atoms with Crippen molar-refractivity contribution >= 4 is 16.9 Å². The Morgan fingerprint density at radius 2 is 2.15 bits per heavy atom. The van der Waals surface area contributed by atoms with E-state index in [1.807, 2.05) is 30.5 Å². The number of aryl methyl sites for hydroxylation is 1. The number of nitrogen functional groups attached to an aromatic ring is 1. The van der Waals surface area contributed by atoms with Gasteiger partial charge >= 0.3 is 0 Å². The molecule has 0 amide bonds. The second kappa shape index (κ2) is 3.01. The van der Waals surface area contributed by atoms with Crippen LogP contribution in [0.1, 0.15) is 6.92 Å². The number of rotatable bonds is 1. The summed E-state index contributed by atoms with van der Waals surface area (Å²) in [4.78, 5) is 4.24. The highest BCUT2D eigenvalue weighted by Crippen LogP contribution is 2.07. The average molecular weight is 174 g/mol. The first kappa shape index (κ1) is 7.98. The normalized spacial score (nSPS) is 10.5. The van der Waals surface area contributed by atoms with Gasteiger partial charge in [-0.1, -0.05) is 12.1 Å². The molecule has 0 spiro atoms. The lowest BCUT2D eigenvalue weighted by atomic mass is 10.3. The molecule has 3 heteroatoms. The minimum Gasteiger partial charge on any atom is -0.379 e. The van der Waals surface area contributed by atoms with Crippen molar-refractivity contribution in [3.63, 3.8) is 0 Å². The Balaban J connectivity index is 2.81. The molecule has 2 rings (SSSR count). The van der Waals surface area contributed by atoms with Crippen LogP contribution in [0.2, 0.25) is 0 Å². The van der Waals surface area contributed by atoms with E-state index in [1.165, 1.54) is 0 Å². The molecule has 0 aliphatic rings. The number of nitrogens with zero attached hydrogens (tertiary/aromatic N) is 2. The lowest BCUT2D eigenvalue weighted by Crippen LogP contribution is -2.33. The monoisotopic (exact) mass is 174 g/mol. The van der Waals surface area contributed by atoms with Gasteiger partial charge in [-0.3, -0.25) is 0 Å². The van der Waals surface area contributed by atoms with Crippen LogP contribution in [0.3, 0.4) is 0 Å². The van der Waals surface area contributed by atoms with Gasteiger partial charge in [-0.2, -0.15) is 4.57 Å². The number of para-hydroxylation sites is 2. The standard InChI is InChI=1S/C10H12N3/c1-2-13-7-10(11)12-8-5-3-4-6-9(8)13/h3-7H,2H2,1H3,(H2,11,12)/q+1. The number of benzene rings is 1. The molecule has 66 valence electrons. The van der Waals surface area contributed by atoms with E-state index in [1.54, 1.807) is 0 Å². The maximum Gasteiger partial charge on any atom is 0.231 e. The summed E-state index contributed by atoms with van der Waals surface area (Å²) in [5.41, 5.74) is 7.74. The Morgan fingerprint density at radius 1 is 1.38 bits per heavy atom. The van der Waals surface area contributed by atoms with Gasteiger partial charge in [0.05, 0.1) is 0 Å². The van der Waals surface area contributed by atoms with Crippen LogP contribution in [0.25, 0.3) is 11.0 Å². The maximum atomic E-state index is 5.67. The molecule has 1 aromatic heterocycles. The Bertz CT molecular complexity index is 437. The summed E-state index contributed by atoms with van der Waals surface area (Å²) in [6, 6.07) is 7.99. The summed E-state index contributed by atoms with van der Waals surface area (Å²) in [5, 5.41) is 0. The third kappa shape index (κ3) is 1.33. The topological polar surface area (TPSA) is 42.8 Å². The van der Waals surface area contributed by atoms with Gasteiger partial charge in [-0.15, -0.1) is 0 Å². The number of hydrogen-bond donors (Lipinski definition) is 1. The summed E-state index contributed by atoms with van der Waals surface area (Å²) in [5.74, 6) is 0.570. The van der Waals surface area contributed by atoms with Gasteiger partial charge in [0, 0.05) is 6.07 Å². The number of nitrogens with two attached hydrogens (primary N) is 1. The Kier molecular flexibility index (Phi) is 1.85. The Labute approximate surface area is 76.8 Å². The molecule has 0 fully saturated rings. The SMILES string of the molecule is CC[n+]1cc(N)nc2ccccc21. The van der Waals surface area contributed by atoms with Crippen molar-refractivity contribution in [3.8, 4) is 0 Å². The Hall–Kier alpha value is -1.64. The number of fused-ring (bicyclic) bond motifs is 1. The molecule has 0 saturated heterocycles. The average Bonchev–Trinajstić information content (AvgIpc) is 2.16. The summed E-state index contributed by atoms with van der Waals surface area (Å²) in [7, 11) is 0. The number of hydrogen-bond acceptors (Lipinski definition) is 2. The quantitative estimate of drug-likeness (QED) is 0.658. The van der Waals surface area contributed by atoms with E-state index in [0.29, 0.717) is 5.82 Å². The third-order valence-corrected chi connectivity index (χ3v) is 2.07. The van der Waals surface area contributed by atoms with E-state index in [-0.39, 0.29) is 0 Å². The van der Waals surface area contributed by atoms with Gasteiger partial charge in [0.1, 0.15) is 12.1 Å². The van der Waals surface area contributed by atoms with Crippen molar-refractivity contribution in [3.05, 3.63) is 30.5 Å². The third-order valence-electron chi connectivity index (χ3n) is 2.07. The molecule has 0 saturated carbocycles.